The van der Waals surface area contributed by atoms with Crippen LogP contribution < -0.4 is 0 Å². The molecule has 0 fully saturated rings. The molecular weight excluding hydrogens is 422 g/mol. The van der Waals surface area contributed by atoms with E-state index in [1.54, 1.807) is 19.5 Å². The van der Waals surface area contributed by atoms with Crippen molar-refractivity contribution in [1.29, 1.82) is 0 Å². The predicted molar refractivity (Wildman–Crippen MR) is 125 cm³/mol. The smallest absolute Gasteiger partial charge is 0.237 e. The van der Waals surface area contributed by atoms with Gasteiger partial charge in [0, 0.05) is 43.0 Å². The highest BCUT2D eigenvalue weighted by Crippen LogP contribution is 2.28. The number of thioether (sulfide) groups is 1. The molecule has 0 unspecified atom stereocenters. The third kappa shape index (κ3) is 5.26. The van der Waals surface area contributed by atoms with Crippen LogP contribution in [0.25, 0.3) is 17.1 Å². The molecule has 32 heavy (non-hydrogen) atoms. The number of hydrogen-bond donors (Lipinski definition) is 0. The Morgan fingerprint density at radius 1 is 1.12 bits per heavy atom. The number of benzene rings is 1. The van der Waals surface area contributed by atoms with Gasteiger partial charge in [-0.05, 0) is 49.9 Å². The molecule has 166 valence electrons. The molecule has 1 aliphatic rings. The third-order valence-corrected chi connectivity index (χ3v) is 6.26. The fourth-order valence-corrected chi connectivity index (χ4v) is 4.57. The Labute approximate surface area is 192 Å². The van der Waals surface area contributed by atoms with Gasteiger partial charge in [0.05, 0.1) is 12.4 Å². The van der Waals surface area contributed by atoms with Crippen molar-refractivity contribution in [2.75, 3.05) is 26.0 Å². The van der Waals surface area contributed by atoms with Gasteiger partial charge in [-0.25, -0.2) is 0 Å². The van der Waals surface area contributed by atoms with Crippen molar-refractivity contribution < 1.29 is 9.53 Å². The lowest BCUT2D eigenvalue weighted by Crippen LogP contribution is -2.35. The molecule has 4 rings (SSSR count). The molecule has 0 N–H and O–H groups in total. The zero-order chi connectivity index (χ0) is 22.2. The highest BCUT2D eigenvalue weighted by atomic mass is 32.2. The number of rotatable bonds is 9. The van der Waals surface area contributed by atoms with Crippen LogP contribution in [0, 0.1) is 0 Å². The van der Waals surface area contributed by atoms with Crippen molar-refractivity contribution in [3.8, 4) is 17.1 Å². The van der Waals surface area contributed by atoms with Crippen molar-refractivity contribution in [3.63, 3.8) is 0 Å². The minimum atomic E-state index is 0.0632. The van der Waals surface area contributed by atoms with Gasteiger partial charge in [-0.1, -0.05) is 36.0 Å². The van der Waals surface area contributed by atoms with Crippen LogP contribution in [0.1, 0.15) is 25.7 Å². The lowest BCUT2D eigenvalue weighted by molar-refractivity contribution is -0.127. The number of ether oxygens (including phenoxy) is 1. The summed E-state index contributed by atoms with van der Waals surface area (Å²) in [6.45, 7) is 1.08. The Morgan fingerprint density at radius 2 is 1.94 bits per heavy atom. The Morgan fingerprint density at radius 3 is 2.66 bits per heavy atom. The van der Waals surface area contributed by atoms with Gasteiger partial charge in [0.2, 0.25) is 5.91 Å². The first-order valence-corrected chi connectivity index (χ1v) is 11.8. The van der Waals surface area contributed by atoms with Gasteiger partial charge < -0.3 is 9.64 Å². The summed E-state index contributed by atoms with van der Waals surface area (Å²) in [4.78, 5) is 19.2. The van der Waals surface area contributed by atoms with Gasteiger partial charge in [0.1, 0.15) is 0 Å². The maximum atomic E-state index is 13.2. The predicted octanol–water partition coefficient (Wildman–Crippen LogP) is 4.35. The summed E-state index contributed by atoms with van der Waals surface area (Å²) in [7, 11) is 1.66. The monoisotopic (exact) mass is 449 g/mol. The van der Waals surface area contributed by atoms with E-state index >= 15 is 0 Å². The molecule has 0 saturated heterocycles. The standard InChI is InChI=1S/C24H27N5O2S/c1-31-17-16-28(20-8-4-2-5-9-20)22(30)18-32-24-27-26-23(19-12-14-25-15-13-19)29(24)21-10-6-3-7-11-21/h3,6-8,10-15H,2,4-5,9,16-18H2,1H3. The largest absolute Gasteiger partial charge is 0.383 e. The van der Waals surface area contributed by atoms with E-state index < -0.39 is 0 Å². The van der Waals surface area contributed by atoms with Gasteiger partial charge in [-0.15, -0.1) is 10.2 Å². The van der Waals surface area contributed by atoms with Crippen LogP contribution >= 0.6 is 11.8 Å². The Balaban J connectivity index is 1.58. The zero-order valence-electron chi connectivity index (χ0n) is 18.2. The van der Waals surface area contributed by atoms with E-state index in [9.17, 15) is 4.79 Å². The van der Waals surface area contributed by atoms with Crippen LogP contribution in [0.3, 0.4) is 0 Å². The average Bonchev–Trinajstić information content (AvgIpc) is 3.29. The average molecular weight is 450 g/mol. The highest BCUT2D eigenvalue weighted by Gasteiger charge is 2.22. The molecule has 0 atom stereocenters. The second-order valence-corrected chi connectivity index (χ2v) is 8.42. The van der Waals surface area contributed by atoms with Crippen molar-refractivity contribution in [3.05, 3.63) is 66.6 Å². The van der Waals surface area contributed by atoms with Crippen LogP contribution in [0.5, 0.6) is 0 Å². The van der Waals surface area contributed by atoms with Crippen LogP contribution in [-0.2, 0) is 9.53 Å². The third-order valence-electron chi connectivity index (χ3n) is 5.34. The number of carbonyl (C=O) groups excluding carboxylic acids is 1. The minimum Gasteiger partial charge on any atom is -0.383 e. The van der Waals surface area contributed by atoms with Gasteiger partial charge in [0.15, 0.2) is 11.0 Å². The van der Waals surface area contributed by atoms with Crippen molar-refractivity contribution in [2.24, 2.45) is 0 Å². The Kier molecular flexibility index (Phi) is 7.68. The number of pyridine rings is 1. The first-order chi connectivity index (χ1) is 15.8. The SMILES string of the molecule is COCCN(C(=O)CSc1nnc(-c2ccncc2)n1-c1ccccc1)C1=CCCCC1. The van der Waals surface area contributed by atoms with Crippen LogP contribution in [0.15, 0.2) is 71.8 Å². The number of amides is 1. The number of carbonyl (C=O) groups is 1. The summed E-state index contributed by atoms with van der Waals surface area (Å²) >= 11 is 1.41. The first kappa shape index (κ1) is 22.2. The summed E-state index contributed by atoms with van der Waals surface area (Å²) < 4.78 is 7.24. The van der Waals surface area contributed by atoms with Gasteiger partial charge in [-0.2, -0.15) is 0 Å². The lowest BCUT2D eigenvalue weighted by Gasteiger charge is -2.27. The normalized spacial score (nSPS) is 13.6. The molecular formula is C24H27N5O2S. The molecule has 0 radical (unpaired) electrons. The topological polar surface area (TPSA) is 73.1 Å². The second-order valence-electron chi connectivity index (χ2n) is 7.48. The van der Waals surface area contributed by atoms with E-state index in [0.717, 1.165) is 42.0 Å². The second kappa shape index (κ2) is 11.1. The number of allylic oxidation sites excluding steroid dienone is 2. The summed E-state index contributed by atoms with van der Waals surface area (Å²) in [5.41, 5.74) is 2.98. The molecule has 2 aromatic heterocycles. The highest BCUT2D eigenvalue weighted by molar-refractivity contribution is 7.99. The molecule has 2 heterocycles. The summed E-state index contributed by atoms with van der Waals surface area (Å²) in [6, 6.07) is 13.8. The molecule has 0 aliphatic heterocycles. The van der Waals surface area contributed by atoms with Gasteiger partial charge >= 0.3 is 0 Å². The molecule has 0 bridgehead atoms. The minimum absolute atomic E-state index is 0.0632. The molecule has 1 amide bonds. The van der Waals surface area contributed by atoms with E-state index in [4.69, 9.17) is 4.74 Å². The maximum absolute atomic E-state index is 13.2. The van der Waals surface area contributed by atoms with E-state index in [1.165, 1.54) is 18.2 Å². The molecule has 8 heteroatoms. The summed E-state index contributed by atoms with van der Waals surface area (Å²) in [6.07, 6.45) is 9.93. The zero-order valence-corrected chi connectivity index (χ0v) is 19.0. The van der Waals surface area contributed by atoms with E-state index in [2.05, 4.69) is 21.3 Å². The Bertz CT molecular complexity index is 1050. The molecule has 3 aromatic rings. The summed E-state index contributed by atoms with van der Waals surface area (Å²) in [5.74, 6) is 1.07. The number of para-hydroxylation sites is 1. The first-order valence-electron chi connectivity index (χ1n) is 10.8. The van der Waals surface area contributed by atoms with Crippen LogP contribution in [-0.4, -0.2) is 56.6 Å². The van der Waals surface area contributed by atoms with E-state index in [0.29, 0.717) is 18.3 Å². The molecule has 1 aliphatic carbocycles. The number of nitrogens with zero attached hydrogens (tertiary/aromatic N) is 5. The van der Waals surface area contributed by atoms with Crippen molar-refractivity contribution >= 4 is 17.7 Å². The van der Waals surface area contributed by atoms with Crippen molar-refractivity contribution in [1.82, 2.24) is 24.6 Å². The lowest BCUT2D eigenvalue weighted by atomic mass is 10.0. The maximum Gasteiger partial charge on any atom is 0.237 e. The fourth-order valence-electron chi connectivity index (χ4n) is 3.74. The molecule has 0 spiro atoms. The summed E-state index contributed by atoms with van der Waals surface area (Å²) in [5, 5.41) is 9.53. The van der Waals surface area contributed by atoms with Crippen LogP contribution in [0.4, 0.5) is 0 Å². The van der Waals surface area contributed by atoms with E-state index in [-0.39, 0.29) is 11.7 Å². The van der Waals surface area contributed by atoms with Gasteiger partial charge in [0.25, 0.3) is 0 Å². The number of aromatic nitrogens is 4. The van der Waals surface area contributed by atoms with Gasteiger partial charge in [-0.3, -0.25) is 14.3 Å². The molecule has 1 aromatic carbocycles. The number of methoxy groups -OCH3 is 1. The van der Waals surface area contributed by atoms with E-state index in [1.807, 2.05) is 51.9 Å². The van der Waals surface area contributed by atoms with Crippen molar-refractivity contribution in [2.45, 2.75) is 30.8 Å². The number of hydrogen-bond acceptors (Lipinski definition) is 6. The Hall–Kier alpha value is -2.97. The molecule has 0 saturated carbocycles. The molecule has 7 nitrogen and oxygen atoms in total. The van der Waals surface area contributed by atoms with Crippen LogP contribution in [0.2, 0.25) is 0 Å². The fraction of sp³-hybridized carbons (Fsp3) is 0.333. The quantitative estimate of drug-likeness (QED) is 0.452.